The first kappa shape index (κ1) is 19.6. The molecule has 3 aliphatic heterocycles. The number of hydrogen-bond donors (Lipinski definition) is 1. The standard InChI is InChI=1S/C26H27N3O3/c1-15-13-25(11-3-2-4-12-25)29-22-16(15)7-5-8-17(22)26(24(29)31)18(14-27)23(28)32-20-10-6-9-19(30)21(20)26/h5,7-8,15H,2-4,6,9-13,28H2,1H3/t15-,26-/m1/s1. The van der Waals surface area contributed by atoms with Crippen molar-refractivity contribution >= 4 is 17.4 Å². The molecule has 0 aromatic heterocycles. The lowest BCUT2D eigenvalue weighted by atomic mass is 9.65. The van der Waals surface area contributed by atoms with Crippen molar-refractivity contribution in [2.24, 2.45) is 5.73 Å². The molecule has 164 valence electrons. The molecule has 1 aromatic carbocycles. The Morgan fingerprint density at radius 3 is 2.69 bits per heavy atom. The van der Waals surface area contributed by atoms with Crippen LogP contribution in [-0.4, -0.2) is 17.2 Å². The molecule has 2 atom stereocenters. The van der Waals surface area contributed by atoms with E-state index in [2.05, 4.69) is 19.1 Å². The Morgan fingerprint density at radius 2 is 1.94 bits per heavy atom. The Balaban J connectivity index is 1.71. The fraction of sp³-hybridized carbons (Fsp3) is 0.500. The lowest BCUT2D eigenvalue weighted by Crippen LogP contribution is -2.58. The SMILES string of the molecule is C[C@@H]1CC2(CCCCC2)N2C(=O)[C@@]3(C(C#N)=C(N)OC4=C3C(=O)CCC4)c3cccc1c32. The van der Waals surface area contributed by atoms with Gasteiger partial charge in [-0.2, -0.15) is 5.26 Å². The van der Waals surface area contributed by atoms with Gasteiger partial charge in [0.25, 0.3) is 0 Å². The van der Waals surface area contributed by atoms with E-state index in [0.717, 1.165) is 48.9 Å². The van der Waals surface area contributed by atoms with Crippen LogP contribution in [0.5, 0.6) is 0 Å². The Kier molecular flexibility index (Phi) is 3.97. The second-order valence-corrected chi connectivity index (χ2v) is 10.1. The second-order valence-electron chi connectivity index (χ2n) is 10.1. The molecular formula is C26H27N3O3. The molecule has 6 nitrogen and oxygen atoms in total. The predicted molar refractivity (Wildman–Crippen MR) is 118 cm³/mol. The Bertz CT molecular complexity index is 1180. The molecule has 6 heteroatoms. The number of Topliss-reactive ketones (excluding diaryl/α,β-unsaturated/α-hetero) is 1. The molecule has 2 aliphatic carbocycles. The highest BCUT2D eigenvalue weighted by Gasteiger charge is 2.66. The van der Waals surface area contributed by atoms with E-state index >= 15 is 0 Å². The summed E-state index contributed by atoms with van der Waals surface area (Å²) in [7, 11) is 0. The van der Waals surface area contributed by atoms with Crippen molar-refractivity contribution in [2.75, 3.05) is 4.90 Å². The minimum Gasteiger partial charge on any atom is -0.444 e. The van der Waals surface area contributed by atoms with Crippen LogP contribution in [0.4, 0.5) is 5.69 Å². The van der Waals surface area contributed by atoms with Crippen LogP contribution in [0, 0.1) is 11.3 Å². The smallest absolute Gasteiger partial charge is 0.248 e. The maximum atomic E-state index is 14.7. The summed E-state index contributed by atoms with van der Waals surface area (Å²) in [5.74, 6) is 0.429. The first-order chi connectivity index (χ1) is 15.5. The molecule has 3 heterocycles. The van der Waals surface area contributed by atoms with Crippen LogP contribution in [-0.2, 0) is 19.7 Å². The second kappa shape index (κ2) is 6.48. The molecule has 0 saturated heterocycles. The molecule has 0 unspecified atom stereocenters. The van der Waals surface area contributed by atoms with Gasteiger partial charge in [-0.05, 0) is 37.2 Å². The summed E-state index contributed by atoms with van der Waals surface area (Å²) in [6, 6.07) is 8.17. The van der Waals surface area contributed by atoms with E-state index in [9.17, 15) is 14.9 Å². The number of benzene rings is 1. The van der Waals surface area contributed by atoms with E-state index in [1.807, 2.05) is 17.0 Å². The summed E-state index contributed by atoms with van der Waals surface area (Å²) in [4.78, 5) is 30.1. The van der Waals surface area contributed by atoms with E-state index in [1.165, 1.54) is 6.42 Å². The van der Waals surface area contributed by atoms with Gasteiger partial charge in [0.15, 0.2) is 5.78 Å². The number of carbonyl (C=O) groups excluding carboxylic acids is 2. The first-order valence-corrected chi connectivity index (χ1v) is 11.8. The van der Waals surface area contributed by atoms with E-state index in [1.54, 1.807) is 0 Å². The lowest BCUT2D eigenvalue weighted by molar-refractivity contribution is -0.126. The van der Waals surface area contributed by atoms with Crippen LogP contribution >= 0.6 is 0 Å². The number of hydrogen-bond acceptors (Lipinski definition) is 5. The molecule has 1 aromatic rings. The molecular weight excluding hydrogens is 402 g/mol. The number of fused-ring (bicyclic) bond motifs is 3. The van der Waals surface area contributed by atoms with Crippen molar-refractivity contribution in [3.63, 3.8) is 0 Å². The third kappa shape index (κ3) is 2.14. The van der Waals surface area contributed by atoms with Gasteiger partial charge in [0.2, 0.25) is 11.8 Å². The predicted octanol–water partition coefficient (Wildman–Crippen LogP) is 4.21. The van der Waals surface area contributed by atoms with Crippen molar-refractivity contribution in [1.82, 2.24) is 0 Å². The maximum absolute atomic E-state index is 14.7. The number of amides is 1. The number of para-hydroxylation sites is 1. The highest BCUT2D eigenvalue weighted by atomic mass is 16.5. The number of ether oxygens (including phenoxy) is 1. The molecule has 2 spiro atoms. The van der Waals surface area contributed by atoms with E-state index in [4.69, 9.17) is 10.5 Å². The molecule has 2 N–H and O–H groups in total. The van der Waals surface area contributed by atoms with Gasteiger partial charge in [-0.1, -0.05) is 44.4 Å². The first-order valence-electron chi connectivity index (χ1n) is 11.8. The third-order valence-corrected chi connectivity index (χ3v) is 8.40. The summed E-state index contributed by atoms with van der Waals surface area (Å²) < 4.78 is 5.81. The van der Waals surface area contributed by atoms with Gasteiger partial charge in [0, 0.05) is 23.9 Å². The van der Waals surface area contributed by atoms with Crippen LogP contribution in [0.3, 0.4) is 0 Å². The largest absolute Gasteiger partial charge is 0.444 e. The summed E-state index contributed by atoms with van der Waals surface area (Å²) in [6.45, 7) is 2.23. The average Bonchev–Trinajstić information content (AvgIpc) is 3.03. The zero-order valence-electron chi connectivity index (χ0n) is 18.4. The summed E-state index contributed by atoms with van der Waals surface area (Å²) in [6.07, 6.45) is 7.71. The van der Waals surface area contributed by atoms with Gasteiger partial charge in [-0.3, -0.25) is 9.59 Å². The molecule has 32 heavy (non-hydrogen) atoms. The molecule has 1 amide bonds. The van der Waals surface area contributed by atoms with Crippen LogP contribution in [0.15, 0.2) is 41.0 Å². The molecule has 1 saturated carbocycles. The zero-order valence-corrected chi connectivity index (χ0v) is 18.4. The number of carbonyl (C=O) groups is 2. The van der Waals surface area contributed by atoms with Crippen molar-refractivity contribution in [1.29, 1.82) is 5.26 Å². The number of nitrogens with two attached hydrogens (primary N) is 1. The van der Waals surface area contributed by atoms with Crippen LogP contribution in [0.25, 0.3) is 0 Å². The van der Waals surface area contributed by atoms with Crippen LogP contribution in [0.2, 0.25) is 0 Å². The molecule has 0 radical (unpaired) electrons. The number of nitrogens with zero attached hydrogens (tertiary/aromatic N) is 2. The lowest BCUT2D eigenvalue weighted by Gasteiger charge is -2.51. The van der Waals surface area contributed by atoms with Crippen molar-refractivity contribution in [2.45, 2.75) is 81.6 Å². The quantitative estimate of drug-likeness (QED) is 0.666. The van der Waals surface area contributed by atoms with Gasteiger partial charge in [0.1, 0.15) is 22.8 Å². The van der Waals surface area contributed by atoms with Crippen molar-refractivity contribution < 1.29 is 14.3 Å². The monoisotopic (exact) mass is 429 g/mol. The normalized spacial score (nSPS) is 30.4. The van der Waals surface area contributed by atoms with E-state index in [-0.39, 0.29) is 28.7 Å². The summed E-state index contributed by atoms with van der Waals surface area (Å²) >= 11 is 0. The third-order valence-electron chi connectivity index (χ3n) is 8.40. The van der Waals surface area contributed by atoms with E-state index in [0.29, 0.717) is 36.5 Å². The molecule has 0 bridgehead atoms. The van der Waals surface area contributed by atoms with Crippen molar-refractivity contribution in [3.05, 3.63) is 52.1 Å². The fourth-order valence-electron chi connectivity index (χ4n) is 7.21. The summed E-state index contributed by atoms with van der Waals surface area (Å²) in [5.41, 5.74) is 7.70. The highest BCUT2D eigenvalue weighted by Crippen LogP contribution is 2.62. The van der Waals surface area contributed by atoms with Crippen LogP contribution in [0.1, 0.15) is 81.8 Å². The Labute approximate surface area is 187 Å². The van der Waals surface area contributed by atoms with Gasteiger partial charge < -0.3 is 15.4 Å². The Hall–Kier alpha value is -3.07. The topological polar surface area (TPSA) is 96.4 Å². The highest BCUT2D eigenvalue weighted by molar-refractivity contribution is 6.21. The average molecular weight is 430 g/mol. The number of allylic oxidation sites excluding steroid dienone is 1. The van der Waals surface area contributed by atoms with Crippen LogP contribution < -0.4 is 10.6 Å². The number of anilines is 1. The molecule has 1 fully saturated rings. The maximum Gasteiger partial charge on any atom is 0.248 e. The minimum atomic E-state index is -1.48. The molecule has 6 rings (SSSR count). The van der Waals surface area contributed by atoms with Gasteiger partial charge >= 0.3 is 0 Å². The number of ketones is 1. The fourth-order valence-corrected chi connectivity index (χ4v) is 7.21. The van der Waals surface area contributed by atoms with E-state index < -0.39 is 5.41 Å². The zero-order chi connectivity index (χ0) is 22.3. The number of rotatable bonds is 0. The van der Waals surface area contributed by atoms with Gasteiger partial charge in [-0.25, -0.2) is 0 Å². The van der Waals surface area contributed by atoms with Gasteiger partial charge in [-0.15, -0.1) is 0 Å². The molecule has 5 aliphatic rings. The number of nitriles is 1. The van der Waals surface area contributed by atoms with Crippen molar-refractivity contribution in [3.8, 4) is 6.07 Å². The minimum absolute atomic E-state index is 0.0440. The summed E-state index contributed by atoms with van der Waals surface area (Å²) in [5, 5.41) is 10.2. The Morgan fingerprint density at radius 1 is 1.16 bits per heavy atom. The van der Waals surface area contributed by atoms with Gasteiger partial charge in [0.05, 0.1) is 11.3 Å².